The highest BCUT2D eigenvalue weighted by Gasteiger charge is 2.17. The van der Waals surface area contributed by atoms with Crippen LogP contribution in [0.25, 0.3) is 6.08 Å². The number of carbonyl (C=O) groups is 1. The second-order valence-electron chi connectivity index (χ2n) is 4.54. The first-order valence-electron chi connectivity index (χ1n) is 5.40. The molecule has 98 valence electrons. The Morgan fingerprint density at radius 2 is 2.22 bits per heavy atom. The Kier molecular flexibility index (Phi) is 4.87. The molecule has 1 rings (SSSR count). The Hall–Kier alpha value is -1.39. The van der Waals surface area contributed by atoms with Gasteiger partial charge < -0.3 is 10.4 Å². The molecule has 5 heteroatoms. The van der Waals surface area contributed by atoms with Gasteiger partial charge in [-0.2, -0.15) is 0 Å². The molecule has 3 nitrogen and oxygen atoms in total. The molecule has 0 heterocycles. The van der Waals surface area contributed by atoms with Crippen molar-refractivity contribution in [2.75, 3.05) is 6.61 Å². The lowest BCUT2D eigenvalue weighted by atomic mass is 10.1. The minimum absolute atomic E-state index is 0.00764. The summed E-state index contributed by atoms with van der Waals surface area (Å²) < 4.78 is 12.9. The normalized spacial score (nSPS) is 11.8. The highest BCUT2D eigenvalue weighted by Crippen LogP contribution is 2.16. The minimum Gasteiger partial charge on any atom is -0.394 e. The van der Waals surface area contributed by atoms with Gasteiger partial charge in [-0.1, -0.05) is 17.7 Å². The zero-order valence-electron chi connectivity index (χ0n) is 10.2. The Labute approximate surface area is 110 Å². The van der Waals surface area contributed by atoms with Gasteiger partial charge in [-0.25, -0.2) is 4.39 Å². The standard InChI is InChI=1S/C13H15ClFNO2/c1-13(2,8-17)16-12(18)6-4-9-3-5-11(15)10(14)7-9/h3-7,17H,8H2,1-2H3,(H,16,18)/b6-4+. The van der Waals surface area contributed by atoms with Gasteiger partial charge in [0.1, 0.15) is 5.82 Å². The van der Waals surface area contributed by atoms with Gasteiger partial charge in [-0.3, -0.25) is 4.79 Å². The Bertz CT molecular complexity index is 472. The van der Waals surface area contributed by atoms with Crippen LogP contribution in [0.1, 0.15) is 19.4 Å². The molecule has 18 heavy (non-hydrogen) atoms. The maximum Gasteiger partial charge on any atom is 0.244 e. The summed E-state index contributed by atoms with van der Waals surface area (Å²) in [6.07, 6.45) is 2.83. The van der Waals surface area contributed by atoms with E-state index in [9.17, 15) is 9.18 Å². The Morgan fingerprint density at radius 3 is 2.78 bits per heavy atom. The third-order valence-corrected chi connectivity index (χ3v) is 2.52. The summed E-state index contributed by atoms with van der Waals surface area (Å²) in [5.74, 6) is -0.839. The number of aliphatic hydroxyl groups is 1. The number of halogens is 2. The van der Waals surface area contributed by atoms with Crippen LogP contribution in [0.2, 0.25) is 5.02 Å². The van der Waals surface area contributed by atoms with E-state index in [4.69, 9.17) is 16.7 Å². The molecule has 0 unspecified atom stereocenters. The molecule has 0 aliphatic carbocycles. The van der Waals surface area contributed by atoms with E-state index in [1.54, 1.807) is 13.8 Å². The van der Waals surface area contributed by atoms with Crippen LogP contribution in [-0.2, 0) is 4.79 Å². The van der Waals surface area contributed by atoms with Crippen LogP contribution in [0.5, 0.6) is 0 Å². The molecule has 0 fully saturated rings. The number of aliphatic hydroxyl groups excluding tert-OH is 1. The number of hydrogen-bond acceptors (Lipinski definition) is 2. The predicted molar refractivity (Wildman–Crippen MR) is 69.8 cm³/mol. The van der Waals surface area contributed by atoms with Crippen molar-refractivity contribution in [3.63, 3.8) is 0 Å². The maximum absolute atomic E-state index is 12.9. The van der Waals surface area contributed by atoms with Crippen molar-refractivity contribution in [2.24, 2.45) is 0 Å². The van der Waals surface area contributed by atoms with Crippen molar-refractivity contribution >= 4 is 23.6 Å². The molecule has 0 saturated heterocycles. The third kappa shape index (κ3) is 4.47. The van der Waals surface area contributed by atoms with E-state index in [0.717, 1.165) is 0 Å². The average Bonchev–Trinajstić information content (AvgIpc) is 2.30. The van der Waals surface area contributed by atoms with E-state index in [2.05, 4.69) is 5.32 Å². The summed E-state index contributed by atoms with van der Waals surface area (Å²) in [6, 6.07) is 4.18. The number of amides is 1. The van der Waals surface area contributed by atoms with Crippen LogP contribution in [0.15, 0.2) is 24.3 Å². The summed E-state index contributed by atoms with van der Waals surface area (Å²) in [6.45, 7) is 3.25. The van der Waals surface area contributed by atoms with Gasteiger partial charge in [0, 0.05) is 6.08 Å². The van der Waals surface area contributed by atoms with E-state index >= 15 is 0 Å². The van der Waals surface area contributed by atoms with Crippen molar-refractivity contribution in [3.8, 4) is 0 Å². The monoisotopic (exact) mass is 271 g/mol. The van der Waals surface area contributed by atoms with Crippen LogP contribution in [0.3, 0.4) is 0 Å². The van der Waals surface area contributed by atoms with Gasteiger partial charge in [-0.15, -0.1) is 0 Å². The Morgan fingerprint density at radius 1 is 1.56 bits per heavy atom. The molecule has 0 bridgehead atoms. The third-order valence-electron chi connectivity index (χ3n) is 2.23. The van der Waals surface area contributed by atoms with Crippen molar-refractivity contribution in [1.82, 2.24) is 5.32 Å². The van der Waals surface area contributed by atoms with Gasteiger partial charge >= 0.3 is 0 Å². The highest BCUT2D eigenvalue weighted by atomic mass is 35.5. The van der Waals surface area contributed by atoms with Crippen LogP contribution in [0.4, 0.5) is 4.39 Å². The molecule has 2 N–H and O–H groups in total. The molecule has 0 atom stereocenters. The number of rotatable bonds is 4. The summed E-state index contributed by atoms with van der Waals surface area (Å²) in [4.78, 5) is 11.5. The van der Waals surface area contributed by atoms with Crippen molar-refractivity contribution in [1.29, 1.82) is 0 Å². The summed E-state index contributed by atoms with van der Waals surface area (Å²) in [5, 5.41) is 11.6. The van der Waals surface area contributed by atoms with Gasteiger partial charge in [0.25, 0.3) is 0 Å². The van der Waals surface area contributed by atoms with Gasteiger partial charge in [-0.05, 0) is 37.6 Å². The molecule has 0 aromatic heterocycles. The largest absolute Gasteiger partial charge is 0.394 e. The molecule has 0 radical (unpaired) electrons. The summed E-state index contributed by atoms with van der Waals surface area (Å²) >= 11 is 5.62. The molecular formula is C13H15ClFNO2. The minimum atomic E-state index is -0.679. The van der Waals surface area contributed by atoms with E-state index in [1.165, 1.54) is 30.4 Å². The second kappa shape index (κ2) is 5.98. The number of nitrogens with one attached hydrogen (secondary N) is 1. The lowest BCUT2D eigenvalue weighted by Crippen LogP contribution is -2.45. The van der Waals surface area contributed by atoms with E-state index in [0.29, 0.717) is 5.56 Å². The lowest BCUT2D eigenvalue weighted by Gasteiger charge is -2.22. The molecule has 0 aliphatic rings. The molecule has 0 spiro atoms. The fraction of sp³-hybridized carbons (Fsp3) is 0.308. The quantitative estimate of drug-likeness (QED) is 0.826. The highest BCUT2D eigenvalue weighted by molar-refractivity contribution is 6.30. The summed E-state index contributed by atoms with van der Waals surface area (Å²) in [5.41, 5.74) is -0.0552. The van der Waals surface area contributed by atoms with Crippen LogP contribution < -0.4 is 5.32 Å². The van der Waals surface area contributed by atoms with Crippen LogP contribution in [0, 0.1) is 5.82 Å². The Balaban J connectivity index is 2.69. The fourth-order valence-electron chi connectivity index (χ4n) is 1.20. The first-order valence-corrected chi connectivity index (χ1v) is 5.78. The lowest BCUT2D eigenvalue weighted by molar-refractivity contribution is -0.118. The van der Waals surface area contributed by atoms with Gasteiger partial charge in [0.05, 0.1) is 17.2 Å². The van der Waals surface area contributed by atoms with Crippen molar-refractivity contribution < 1.29 is 14.3 Å². The van der Waals surface area contributed by atoms with Gasteiger partial charge in [0.15, 0.2) is 0 Å². The van der Waals surface area contributed by atoms with Crippen LogP contribution >= 0.6 is 11.6 Å². The number of carbonyl (C=O) groups excluding carboxylic acids is 1. The fourth-order valence-corrected chi connectivity index (χ4v) is 1.39. The van der Waals surface area contributed by atoms with E-state index in [1.807, 2.05) is 0 Å². The van der Waals surface area contributed by atoms with Crippen molar-refractivity contribution in [2.45, 2.75) is 19.4 Å². The van der Waals surface area contributed by atoms with Crippen LogP contribution in [-0.4, -0.2) is 23.2 Å². The molecule has 1 amide bonds. The van der Waals surface area contributed by atoms with Crippen molar-refractivity contribution in [3.05, 3.63) is 40.7 Å². The van der Waals surface area contributed by atoms with E-state index < -0.39 is 11.4 Å². The summed E-state index contributed by atoms with van der Waals surface area (Å²) in [7, 11) is 0. The zero-order valence-corrected chi connectivity index (χ0v) is 11.0. The zero-order chi connectivity index (χ0) is 13.8. The average molecular weight is 272 g/mol. The topological polar surface area (TPSA) is 49.3 Å². The second-order valence-corrected chi connectivity index (χ2v) is 4.95. The SMILES string of the molecule is CC(C)(CO)NC(=O)/C=C/c1ccc(F)c(Cl)c1. The molecule has 1 aromatic carbocycles. The number of benzene rings is 1. The first kappa shape index (κ1) is 14.7. The molecule has 0 saturated carbocycles. The van der Waals surface area contributed by atoms with Gasteiger partial charge in [0.2, 0.25) is 5.91 Å². The molecule has 1 aromatic rings. The molecule has 0 aliphatic heterocycles. The van der Waals surface area contributed by atoms with E-state index in [-0.39, 0.29) is 17.5 Å². The first-order chi connectivity index (χ1) is 8.34. The predicted octanol–water partition coefficient (Wildman–Crippen LogP) is 2.38. The smallest absolute Gasteiger partial charge is 0.244 e. The number of hydrogen-bond donors (Lipinski definition) is 2. The molecular weight excluding hydrogens is 257 g/mol. The maximum atomic E-state index is 12.9.